The lowest BCUT2D eigenvalue weighted by molar-refractivity contribution is -0.124. The van der Waals surface area contributed by atoms with E-state index >= 15 is 0 Å². The number of para-hydroxylation sites is 1. The minimum atomic E-state index is -0.874. The number of aliphatic hydroxyl groups excluding tert-OH is 1. The van der Waals surface area contributed by atoms with Crippen molar-refractivity contribution in [3.8, 4) is 0 Å². The number of nitrogens with one attached hydrogen (secondary N) is 1. The molecule has 1 aliphatic heterocycles. The lowest BCUT2D eigenvalue weighted by Gasteiger charge is -2.32. The average molecular weight is 250 g/mol. The Morgan fingerprint density at radius 3 is 2.72 bits per heavy atom. The molecule has 5 nitrogen and oxygen atoms in total. The van der Waals surface area contributed by atoms with Crippen LogP contribution in [0.5, 0.6) is 0 Å². The van der Waals surface area contributed by atoms with Crippen molar-refractivity contribution in [3.63, 3.8) is 0 Å². The summed E-state index contributed by atoms with van der Waals surface area (Å²) in [5.41, 5.74) is 6.51. The highest BCUT2D eigenvalue weighted by molar-refractivity contribution is 5.98. The summed E-state index contributed by atoms with van der Waals surface area (Å²) in [4.78, 5) is 12.2. The lowest BCUT2D eigenvalue weighted by Crippen LogP contribution is -2.54. The zero-order chi connectivity index (χ0) is 13.0. The molecule has 0 saturated carbocycles. The first-order valence-electron chi connectivity index (χ1n) is 6.02. The Labute approximate surface area is 106 Å². The van der Waals surface area contributed by atoms with E-state index in [9.17, 15) is 9.90 Å². The summed E-state index contributed by atoms with van der Waals surface area (Å²) in [7, 11) is 0. The minimum Gasteiger partial charge on any atom is -0.392 e. The summed E-state index contributed by atoms with van der Waals surface area (Å²) < 4.78 is 5.21. The first-order valence-corrected chi connectivity index (χ1v) is 6.02. The molecular weight excluding hydrogens is 232 g/mol. The SMILES string of the molecule is NC1(C(=O)Nc2ccccc2CO)CCOCC1. The van der Waals surface area contributed by atoms with Crippen LogP contribution in [0, 0.1) is 0 Å². The second-order valence-electron chi connectivity index (χ2n) is 4.54. The Morgan fingerprint density at radius 1 is 1.39 bits per heavy atom. The fourth-order valence-corrected chi connectivity index (χ4v) is 1.99. The van der Waals surface area contributed by atoms with Crippen molar-refractivity contribution >= 4 is 11.6 Å². The zero-order valence-corrected chi connectivity index (χ0v) is 10.2. The van der Waals surface area contributed by atoms with E-state index in [4.69, 9.17) is 10.5 Å². The number of carbonyl (C=O) groups is 1. The van der Waals surface area contributed by atoms with Crippen molar-refractivity contribution < 1.29 is 14.6 Å². The molecule has 4 N–H and O–H groups in total. The van der Waals surface area contributed by atoms with Crippen LogP contribution in [0.2, 0.25) is 0 Å². The van der Waals surface area contributed by atoms with Crippen molar-refractivity contribution in [2.75, 3.05) is 18.5 Å². The van der Waals surface area contributed by atoms with Crippen LogP contribution in [-0.4, -0.2) is 29.8 Å². The summed E-state index contributed by atoms with van der Waals surface area (Å²) in [5, 5.41) is 12.0. The molecule has 0 bridgehead atoms. The Hall–Kier alpha value is -1.43. The molecule has 5 heteroatoms. The number of rotatable bonds is 3. The van der Waals surface area contributed by atoms with Gasteiger partial charge in [0.05, 0.1) is 6.61 Å². The van der Waals surface area contributed by atoms with Crippen molar-refractivity contribution in [2.24, 2.45) is 5.73 Å². The molecule has 1 aliphatic rings. The van der Waals surface area contributed by atoms with Gasteiger partial charge in [0.1, 0.15) is 5.54 Å². The molecule has 98 valence electrons. The zero-order valence-electron chi connectivity index (χ0n) is 10.2. The first-order chi connectivity index (χ1) is 8.65. The van der Waals surface area contributed by atoms with Gasteiger partial charge < -0.3 is 20.9 Å². The molecule has 1 amide bonds. The van der Waals surface area contributed by atoms with E-state index in [2.05, 4.69) is 5.32 Å². The highest BCUT2D eigenvalue weighted by Crippen LogP contribution is 2.22. The van der Waals surface area contributed by atoms with Crippen LogP contribution in [-0.2, 0) is 16.1 Å². The third-order valence-corrected chi connectivity index (χ3v) is 3.27. The van der Waals surface area contributed by atoms with Crippen molar-refractivity contribution in [1.29, 1.82) is 0 Å². The third-order valence-electron chi connectivity index (χ3n) is 3.27. The van der Waals surface area contributed by atoms with E-state index in [1.807, 2.05) is 12.1 Å². The van der Waals surface area contributed by atoms with E-state index in [0.717, 1.165) is 0 Å². The monoisotopic (exact) mass is 250 g/mol. The molecule has 0 radical (unpaired) electrons. The predicted molar refractivity (Wildman–Crippen MR) is 68.0 cm³/mol. The van der Waals surface area contributed by atoms with E-state index in [0.29, 0.717) is 37.3 Å². The van der Waals surface area contributed by atoms with Crippen LogP contribution in [0.4, 0.5) is 5.69 Å². The maximum Gasteiger partial charge on any atom is 0.244 e. The van der Waals surface area contributed by atoms with Gasteiger partial charge in [-0.2, -0.15) is 0 Å². The lowest BCUT2D eigenvalue weighted by atomic mass is 9.90. The summed E-state index contributed by atoms with van der Waals surface area (Å²) in [5.74, 6) is -0.216. The topological polar surface area (TPSA) is 84.6 Å². The molecule has 1 heterocycles. The normalized spacial score (nSPS) is 18.3. The van der Waals surface area contributed by atoms with E-state index < -0.39 is 5.54 Å². The second kappa shape index (κ2) is 5.48. The number of aliphatic hydroxyl groups is 1. The fraction of sp³-hybridized carbons (Fsp3) is 0.462. The van der Waals surface area contributed by atoms with Crippen LogP contribution in [0.15, 0.2) is 24.3 Å². The van der Waals surface area contributed by atoms with Crippen LogP contribution in [0.1, 0.15) is 18.4 Å². The Kier molecular flexibility index (Phi) is 3.96. The molecule has 1 saturated heterocycles. The van der Waals surface area contributed by atoms with Gasteiger partial charge >= 0.3 is 0 Å². The molecule has 0 spiro atoms. The highest BCUT2D eigenvalue weighted by atomic mass is 16.5. The Bertz CT molecular complexity index is 428. The Balaban J connectivity index is 2.10. The smallest absolute Gasteiger partial charge is 0.244 e. The van der Waals surface area contributed by atoms with Gasteiger partial charge in [-0.1, -0.05) is 18.2 Å². The number of hydrogen-bond donors (Lipinski definition) is 3. The number of nitrogens with two attached hydrogens (primary N) is 1. The van der Waals surface area contributed by atoms with Crippen LogP contribution in [0.3, 0.4) is 0 Å². The first kappa shape index (κ1) is 13.0. The molecule has 18 heavy (non-hydrogen) atoms. The van der Waals surface area contributed by atoms with Gasteiger partial charge in [-0.3, -0.25) is 4.79 Å². The van der Waals surface area contributed by atoms with Gasteiger partial charge in [-0.05, 0) is 18.9 Å². The van der Waals surface area contributed by atoms with E-state index in [-0.39, 0.29) is 12.5 Å². The molecular formula is C13H18N2O3. The van der Waals surface area contributed by atoms with Gasteiger partial charge in [0.25, 0.3) is 0 Å². The number of anilines is 1. The van der Waals surface area contributed by atoms with Gasteiger partial charge in [0.15, 0.2) is 0 Å². The van der Waals surface area contributed by atoms with E-state index in [1.165, 1.54) is 0 Å². The summed E-state index contributed by atoms with van der Waals surface area (Å²) >= 11 is 0. The summed E-state index contributed by atoms with van der Waals surface area (Å²) in [6.45, 7) is 0.897. The molecule has 0 aliphatic carbocycles. The number of hydrogen-bond acceptors (Lipinski definition) is 4. The molecule has 1 fully saturated rings. The van der Waals surface area contributed by atoms with Crippen LogP contribution in [0.25, 0.3) is 0 Å². The maximum atomic E-state index is 12.2. The molecule has 1 aromatic carbocycles. The second-order valence-corrected chi connectivity index (χ2v) is 4.54. The summed E-state index contributed by atoms with van der Waals surface area (Å²) in [6.07, 6.45) is 1.03. The van der Waals surface area contributed by atoms with Crippen molar-refractivity contribution in [3.05, 3.63) is 29.8 Å². The molecule has 1 aromatic rings. The third kappa shape index (κ3) is 2.69. The largest absolute Gasteiger partial charge is 0.392 e. The molecule has 0 aromatic heterocycles. The number of benzene rings is 1. The fourth-order valence-electron chi connectivity index (χ4n) is 1.99. The van der Waals surface area contributed by atoms with Crippen molar-refractivity contribution in [2.45, 2.75) is 25.0 Å². The number of amides is 1. The molecule has 2 rings (SSSR count). The van der Waals surface area contributed by atoms with Gasteiger partial charge in [0, 0.05) is 24.5 Å². The summed E-state index contributed by atoms with van der Waals surface area (Å²) in [6, 6.07) is 7.14. The maximum absolute atomic E-state index is 12.2. The predicted octanol–water partition coefficient (Wildman–Crippen LogP) is 0.625. The van der Waals surface area contributed by atoms with Crippen molar-refractivity contribution in [1.82, 2.24) is 0 Å². The van der Waals surface area contributed by atoms with Gasteiger partial charge in [0.2, 0.25) is 5.91 Å². The van der Waals surface area contributed by atoms with E-state index in [1.54, 1.807) is 12.1 Å². The van der Waals surface area contributed by atoms with Gasteiger partial charge in [-0.25, -0.2) is 0 Å². The Morgan fingerprint density at radius 2 is 2.06 bits per heavy atom. The molecule has 0 atom stereocenters. The van der Waals surface area contributed by atoms with Gasteiger partial charge in [-0.15, -0.1) is 0 Å². The number of ether oxygens (including phenoxy) is 1. The standard InChI is InChI=1S/C13H18N2O3/c14-13(5-7-18-8-6-13)12(17)15-11-4-2-1-3-10(11)9-16/h1-4,16H,5-9,14H2,(H,15,17). The number of carbonyl (C=O) groups excluding carboxylic acids is 1. The quantitative estimate of drug-likeness (QED) is 0.734. The average Bonchev–Trinajstić information content (AvgIpc) is 2.40. The minimum absolute atomic E-state index is 0.114. The van der Waals surface area contributed by atoms with Crippen LogP contribution < -0.4 is 11.1 Å². The highest BCUT2D eigenvalue weighted by Gasteiger charge is 2.36. The van der Waals surface area contributed by atoms with Crippen LogP contribution >= 0.6 is 0 Å². The molecule has 0 unspecified atom stereocenters.